The highest BCUT2D eigenvalue weighted by atomic mass is 32.2. The first-order chi connectivity index (χ1) is 17.7. The van der Waals surface area contributed by atoms with E-state index in [1.54, 1.807) is 30.3 Å². The minimum Gasteiger partial charge on any atom is -0.468 e. The molecule has 4 atom stereocenters. The number of ether oxygens (including phenoxy) is 3. The lowest BCUT2D eigenvalue weighted by atomic mass is 10.0. The zero-order chi connectivity index (χ0) is 26.2. The van der Waals surface area contributed by atoms with Crippen LogP contribution in [0.2, 0.25) is 0 Å². The predicted molar refractivity (Wildman–Crippen MR) is 138 cm³/mol. The molecule has 0 aromatic heterocycles. The van der Waals surface area contributed by atoms with E-state index in [1.807, 2.05) is 37.3 Å². The van der Waals surface area contributed by atoms with Crippen molar-refractivity contribution in [2.24, 2.45) is 5.92 Å². The summed E-state index contributed by atoms with van der Waals surface area (Å²) in [4.78, 5) is 0.111. The molecule has 0 aliphatic carbocycles. The summed E-state index contributed by atoms with van der Waals surface area (Å²) in [6.45, 7) is 3.62. The smallest absolute Gasteiger partial charge is 0.208 e. The van der Waals surface area contributed by atoms with Crippen LogP contribution in [0.25, 0.3) is 0 Å². The number of fused-ring (bicyclic) bond motifs is 1. The summed E-state index contributed by atoms with van der Waals surface area (Å²) in [6.07, 6.45) is -1.98. The van der Waals surface area contributed by atoms with Crippen molar-refractivity contribution in [1.82, 2.24) is 0 Å². The maximum Gasteiger partial charge on any atom is 0.208 e. The highest BCUT2D eigenvalue weighted by molar-refractivity contribution is 7.95. The van der Waals surface area contributed by atoms with E-state index >= 15 is 0 Å². The Kier molecular flexibility index (Phi) is 6.97. The number of rotatable bonds is 8. The molecule has 5 rings (SSSR count). The third-order valence-corrected chi connectivity index (χ3v) is 11.0. The molecule has 3 aromatic carbocycles. The van der Waals surface area contributed by atoms with E-state index in [4.69, 9.17) is 14.2 Å². The molecule has 0 N–H and O–H groups in total. The second-order valence-electron chi connectivity index (χ2n) is 9.25. The average molecular weight is 541 g/mol. The van der Waals surface area contributed by atoms with Gasteiger partial charge in [0.15, 0.2) is 9.84 Å². The fourth-order valence-corrected chi connectivity index (χ4v) is 8.86. The van der Waals surface area contributed by atoms with Crippen LogP contribution >= 0.6 is 0 Å². The Morgan fingerprint density at radius 3 is 2.05 bits per heavy atom. The third kappa shape index (κ3) is 4.84. The largest absolute Gasteiger partial charge is 0.468 e. The number of hydrogen-bond acceptors (Lipinski definition) is 7. The minimum atomic E-state index is -4.04. The normalized spacial score (nSPS) is 23.6. The fraction of sp³-hybridized carbons (Fsp3) is 0.286. The quantitative estimate of drug-likeness (QED) is 0.417. The Labute approximate surface area is 217 Å². The third-order valence-electron chi connectivity index (χ3n) is 6.71. The predicted octanol–water partition coefficient (Wildman–Crippen LogP) is 4.43. The molecule has 37 heavy (non-hydrogen) atoms. The Morgan fingerprint density at radius 2 is 1.41 bits per heavy atom. The van der Waals surface area contributed by atoms with Gasteiger partial charge in [0, 0.05) is 0 Å². The van der Waals surface area contributed by atoms with E-state index in [0.29, 0.717) is 0 Å². The van der Waals surface area contributed by atoms with Gasteiger partial charge in [-0.1, -0.05) is 66.2 Å². The van der Waals surface area contributed by atoms with Gasteiger partial charge in [0.1, 0.15) is 17.1 Å². The van der Waals surface area contributed by atoms with Gasteiger partial charge in [-0.15, -0.1) is 0 Å². The maximum absolute atomic E-state index is 14.0. The molecule has 2 aliphatic rings. The van der Waals surface area contributed by atoms with E-state index < -0.39 is 43.2 Å². The molecule has 9 heteroatoms. The number of hydrogen-bond donors (Lipinski definition) is 0. The first kappa shape index (κ1) is 25.7. The van der Waals surface area contributed by atoms with Gasteiger partial charge in [-0.05, 0) is 43.7 Å². The van der Waals surface area contributed by atoms with E-state index in [-0.39, 0.29) is 33.7 Å². The fourth-order valence-electron chi connectivity index (χ4n) is 4.94. The summed E-state index contributed by atoms with van der Waals surface area (Å²) in [5.41, 5.74) is 1.84. The molecule has 2 heterocycles. The molecule has 0 bridgehead atoms. The zero-order valence-corrected chi connectivity index (χ0v) is 22.1. The minimum absolute atomic E-state index is 0.0429. The van der Waals surface area contributed by atoms with Crippen LogP contribution in [0.5, 0.6) is 0 Å². The van der Waals surface area contributed by atoms with Crippen LogP contribution in [0.4, 0.5) is 0 Å². The standard InChI is InChI=1S/C28H28O7S2/c1-19-13-15-23(16-14-19)37(31,32)27-24(18-33-17-21-9-5-3-6-10-21)35-28-25(27)26(20(2)34-28)36(29,30)22-11-7-4-8-12-22/h3-16,24-25,27-28H,17-18H2,1-2H3/t24-,25+,27-,28-/m1/s1. The highest BCUT2D eigenvalue weighted by Crippen LogP contribution is 2.49. The van der Waals surface area contributed by atoms with Crippen molar-refractivity contribution in [2.75, 3.05) is 6.61 Å². The summed E-state index contributed by atoms with van der Waals surface area (Å²) < 4.78 is 73.3. The Balaban J connectivity index is 1.53. The maximum atomic E-state index is 14.0. The molecule has 3 aromatic rings. The van der Waals surface area contributed by atoms with Gasteiger partial charge >= 0.3 is 0 Å². The topological polar surface area (TPSA) is 96.0 Å². The van der Waals surface area contributed by atoms with Crippen molar-refractivity contribution in [3.63, 3.8) is 0 Å². The summed E-state index contributed by atoms with van der Waals surface area (Å²) in [5, 5.41) is -1.22. The molecule has 0 spiro atoms. The molecular formula is C28H28O7S2. The molecule has 0 saturated carbocycles. The molecule has 1 fully saturated rings. The van der Waals surface area contributed by atoms with Crippen molar-refractivity contribution >= 4 is 19.7 Å². The molecule has 0 radical (unpaired) electrons. The van der Waals surface area contributed by atoms with Crippen LogP contribution in [0.3, 0.4) is 0 Å². The number of sulfone groups is 2. The Hall–Kier alpha value is -2.98. The first-order valence-corrected chi connectivity index (χ1v) is 15.0. The molecule has 1 saturated heterocycles. The van der Waals surface area contributed by atoms with Crippen molar-refractivity contribution in [3.05, 3.63) is 107 Å². The van der Waals surface area contributed by atoms with Crippen LogP contribution in [0.15, 0.2) is 105 Å². The van der Waals surface area contributed by atoms with Crippen LogP contribution < -0.4 is 0 Å². The molecule has 0 amide bonds. The molecule has 194 valence electrons. The van der Waals surface area contributed by atoms with E-state index in [1.165, 1.54) is 31.2 Å². The van der Waals surface area contributed by atoms with Gasteiger partial charge in [0.2, 0.25) is 16.1 Å². The van der Waals surface area contributed by atoms with Crippen molar-refractivity contribution in [2.45, 2.75) is 47.9 Å². The first-order valence-electron chi connectivity index (χ1n) is 11.9. The highest BCUT2D eigenvalue weighted by Gasteiger charge is 2.60. The monoisotopic (exact) mass is 540 g/mol. The lowest BCUT2D eigenvalue weighted by molar-refractivity contribution is -0.121. The Bertz CT molecular complexity index is 1500. The van der Waals surface area contributed by atoms with Crippen LogP contribution in [-0.2, 0) is 40.5 Å². The van der Waals surface area contributed by atoms with Gasteiger partial charge in [-0.2, -0.15) is 0 Å². The summed E-state index contributed by atoms with van der Waals surface area (Å²) in [6, 6.07) is 24.0. The van der Waals surface area contributed by atoms with Crippen LogP contribution in [0.1, 0.15) is 18.1 Å². The lowest BCUT2D eigenvalue weighted by Crippen LogP contribution is -2.39. The molecule has 7 nitrogen and oxygen atoms in total. The van der Waals surface area contributed by atoms with Crippen LogP contribution in [-0.4, -0.2) is 41.1 Å². The summed E-state index contributed by atoms with van der Waals surface area (Å²) in [5.74, 6) is -0.895. The molecule has 0 unspecified atom stereocenters. The van der Waals surface area contributed by atoms with Crippen LogP contribution in [0, 0.1) is 12.8 Å². The van der Waals surface area contributed by atoms with Gasteiger partial charge < -0.3 is 14.2 Å². The van der Waals surface area contributed by atoms with Crippen molar-refractivity contribution < 1.29 is 31.0 Å². The van der Waals surface area contributed by atoms with Crippen molar-refractivity contribution in [3.8, 4) is 0 Å². The van der Waals surface area contributed by atoms with Gasteiger partial charge in [0.05, 0.1) is 33.8 Å². The average Bonchev–Trinajstić information content (AvgIpc) is 3.39. The lowest BCUT2D eigenvalue weighted by Gasteiger charge is -2.23. The van der Waals surface area contributed by atoms with E-state index in [2.05, 4.69) is 0 Å². The summed E-state index contributed by atoms with van der Waals surface area (Å²) in [7, 11) is -8.08. The summed E-state index contributed by atoms with van der Waals surface area (Å²) >= 11 is 0. The SMILES string of the molecule is CC1=C(S(=O)(=O)c2ccccc2)[C@@H]2[C@H](O1)O[C@H](COCc1ccccc1)[C@H]2S(=O)(=O)c1ccc(C)cc1. The second kappa shape index (κ2) is 10.1. The number of allylic oxidation sites excluding steroid dienone is 1. The number of aryl methyl sites for hydroxylation is 1. The van der Waals surface area contributed by atoms with E-state index in [9.17, 15) is 16.8 Å². The molecule has 2 aliphatic heterocycles. The van der Waals surface area contributed by atoms with Crippen molar-refractivity contribution in [1.29, 1.82) is 0 Å². The Morgan fingerprint density at radius 1 is 0.784 bits per heavy atom. The number of benzene rings is 3. The second-order valence-corrected chi connectivity index (χ2v) is 13.3. The zero-order valence-electron chi connectivity index (χ0n) is 20.5. The van der Waals surface area contributed by atoms with Gasteiger partial charge in [-0.25, -0.2) is 16.8 Å². The molecular weight excluding hydrogens is 512 g/mol. The van der Waals surface area contributed by atoms with E-state index in [0.717, 1.165) is 11.1 Å². The van der Waals surface area contributed by atoms with Gasteiger partial charge in [-0.3, -0.25) is 0 Å². The van der Waals surface area contributed by atoms with Gasteiger partial charge in [0.25, 0.3) is 0 Å².